The molecule has 0 N–H and O–H groups in total. The van der Waals surface area contributed by atoms with Crippen molar-refractivity contribution in [1.29, 1.82) is 0 Å². The van der Waals surface area contributed by atoms with Crippen LogP contribution in [0.4, 0.5) is 11.4 Å². The zero-order chi connectivity index (χ0) is 30.6. The zero-order valence-electron chi connectivity index (χ0n) is 27.7. The number of para-hydroxylation sites is 2. The second-order valence-corrected chi connectivity index (χ2v) is 16.8. The number of benzene rings is 2. The van der Waals surface area contributed by atoms with Crippen molar-refractivity contribution < 1.29 is 30.9 Å². The first-order chi connectivity index (χ1) is 23.2. The second-order valence-electron chi connectivity index (χ2n) is 16.8. The summed E-state index contributed by atoms with van der Waals surface area (Å²) in [6.07, 6.45) is 12.4. The molecule has 12 rings (SSSR count). The highest BCUT2D eigenvalue weighted by atomic mass is 79.9. The van der Waals surface area contributed by atoms with Crippen LogP contribution in [0.3, 0.4) is 0 Å². The predicted octanol–water partition coefficient (Wildman–Crippen LogP) is 2.34. The lowest BCUT2D eigenvalue weighted by atomic mass is 9.54. The number of piperidine rings is 2. The van der Waals surface area contributed by atoms with E-state index in [9.17, 15) is 0 Å². The summed E-state index contributed by atoms with van der Waals surface area (Å²) in [6.45, 7) is 11.6. The molecule has 7 fully saturated rings. The minimum absolute atomic E-state index is 0. The normalized spacial score (nSPS) is 46.6. The van der Waals surface area contributed by atoms with Gasteiger partial charge in [0.05, 0.1) is 38.4 Å². The molecule has 13 unspecified atom stereocenters. The van der Waals surface area contributed by atoms with E-state index in [1.807, 2.05) is 0 Å². The topological polar surface area (TPSA) is 28.2 Å². The van der Waals surface area contributed by atoms with Gasteiger partial charge in [-0.1, -0.05) is 60.7 Å². The lowest BCUT2D eigenvalue weighted by molar-refractivity contribution is -0.937. The van der Waals surface area contributed by atoms with E-state index < -0.39 is 0 Å². The summed E-state index contributed by atoms with van der Waals surface area (Å²) in [5.41, 5.74) is 7.88. The maximum Gasteiger partial charge on any atom is 0.136 e. The van der Waals surface area contributed by atoms with Crippen molar-refractivity contribution in [2.45, 2.75) is 67.7 Å². The third kappa shape index (κ3) is 3.35. The van der Waals surface area contributed by atoms with Crippen molar-refractivity contribution in [3.05, 3.63) is 96.1 Å². The third-order valence-electron chi connectivity index (χ3n) is 15.7. The molecule has 2 aromatic carbocycles. The van der Waals surface area contributed by atoms with Gasteiger partial charge in [0, 0.05) is 71.9 Å². The number of nitrogens with zero attached hydrogens (tertiary/aromatic N) is 4. The first-order valence-electron chi connectivity index (χ1n) is 18.7. The van der Waals surface area contributed by atoms with Crippen LogP contribution in [-0.4, -0.2) is 91.9 Å². The summed E-state index contributed by atoms with van der Waals surface area (Å²) in [7, 11) is 0. The Morgan fingerprint density at radius 2 is 1.67 bits per heavy atom. The molecule has 13 atom stereocenters. The van der Waals surface area contributed by atoms with Gasteiger partial charge in [-0.2, -0.15) is 0 Å². The van der Waals surface area contributed by atoms with Gasteiger partial charge in [0.15, 0.2) is 0 Å². The Labute approximate surface area is 295 Å². The number of quaternary nitrogens is 1. The summed E-state index contributed by atoms with van der Waals surface area (Å²) in [6, 6.07) is 23.1. The Balaban J connectivity index is 0.00000280. The van der Waals surface area contributed by atoms with Gasteiger partial charge in [-0.05, 0) is 60.7 Å². The summed E-state index contributed by atoms with van der Waals surface area (Å²) in [5, 5.41) is 0. The quantitative estimate of drug-likeness (QED) is 0.361. The Hall–Kier alpha value is -2.42. The lowest BCUT2D eigenvalue weighted by Gasteiger charge is -2.65. The van der Waals surface area contributed by atoms with Gasteiger partial charge < -0.3 is 40.7 Å². The summed E-state index contributed by atoms with van der Waals surface area (Å²) >= 11 is 0. The van der Waals surface area contributed by atoms with E-state index in [4.69, 9.17) is 9.47 Å². The van der Waals surface area contributed by atoms with Gasteiger partial charge >= 0.3 is 0 Å². The Kier molecular flexibility index (Phi) is 6.17. The Morgan fingerprint density at radius 1 is 0.896 bits per heavy atom. The molecule has 4 bridgehead atoms. The van der Waals surface area contributed by atoms with Gasteiger partial charge in [-0.3, -0.25) is 4.90 Å². The van der Waals surface area contributed by atoms with Crippen LogP contribution in [0, 0.1) is 29.6 Å². The number of hydrogen-bond donors (Lipinski definition) is 0. The number of anilines is 2. The van der Waals surface area contributed by atoms with Crippen molar-refractivity contribution in [3.63, 3.8) is 0 Å². The highest BCUT2D eigenvalue weighted by Crippen LogP contribution is 2.68. The van der Waals surface area contributed by atoms with Crippen LogP contribution in [-0.2, 0) is 14.9 Å². The number of fused-ring (bicyclic) bond motifs is 4. The molecule has 2 aliphatic carbocycles. The van der Waals surface area contributed by atoms with Crippen LogP contribution in [0.15, 0.2) is 90.6 Å². The van der Waals surface area contributed by atoms with E-state index in [0.29, 0.717) is 53.8 Å². The van der Waals surface area contributed by atoms with Crippen molar-refractivity contribution in [2.24, 2.45) is 29.6 Å². The molecule has 2 saturated carbocycles. The first kappa shape index (κ1) is 29.3. The molecular weight excluding hydrogens is 660 g/mol. The summed E-state index contributed by atoms with van der Waals surface area (Å²) in [5.74, 6) is 2.45. The maximum absolute atomic E-state index is 7.41. The van der Waals surface area contributed by atoms with E-state index in [1.165, 1.54) is 61.2 Å². The molecular formula is C41H47BrN4O2. The largest absolute Gasteiger partial charge is 1.00 e. The second kappa shape index (κ2) is 10.1. The predicted molar refractivity (Wildman–Crippen MR) is 183 cm³/mol. The van der Waals surface area contributed by atoms with E-state index in [2.05, 4.69) is 94.1 Å². The molecule has 10 aliphatic rings. The standard InChI is InChI=1S/C41H47N4O2.BrH/c1-2-17-45-18-12-28-33(45)21-29-26(24-45)14-20-46-39-35(29)37(28)43(27-8-4-3-5-9-27)40-36-30-22-34-41(15-16-42(34)23-25(30)13-19-47-40)31-10-6-7-11-32(31)44(39)38(36)41;/h2-11,13-14,28-30,33-40H,1,12,15-24H2;1H/q+1;/p-1. The van der Waals surface area contributed by atoms with Crippen LogP contribution in [0.25, 0.3) is 0 Å². The summed E-state index contributed by atoms with van der Waals surface area (Å²) in [4.78, 5) is 8.73. The minimum atomic E-state index is 0. The highest BCUT2D eigenvalue weighted by molar-refractivity contribution is 5.69. The molecule has 250 valence electrons. The molecule has 8 aliphatic heterocycles. The van der Waals surface area contributed by atoms with E-state index in [1.54, 1.807) is 16.7 Å². The van der Waals surface area contributed by atoms with Gasteiger partial charge in [-0.15, -0.1) is 0 Å². The van der Waals surface area contributed by atoms with Gasteiger partial charge in [0.2, 0.25) is 0 Å². The highest BCUT2D eigenvalue weighted by Gasteiger charge is 2.74. The zero-order valence-corrected chi connectivity index (χ0v) is 29.3. The Morgan fingerprint density at radius 3 is 2.52 bits per heavy atom. The average Bonchev–Trinajstić information content (AvgIpc) is 3.66. The average molecular weight is 708 g/mol. The maximum atomic E-state index is 7.41. The van der Waals surface area contributed by atoms with Crippen molar-refractivity contribution in [3.8, 4) is 0 Å². The van der Waals surface area contributed by atoms with Gasteiger partial charge in [-0.25, -0.2) is 0 Å². The van der Waals surface area contributed by atoms with E-state index in [0.717, 1.165) is 26.3 Å². The van der Waals surface area contributed by atoms with Crippen LogP contribution < -0.4 is 26.8 Å². The molecule has 48 heavy (non-hydrogen) atoms. The van der Waals surface area contributed by atoms with Crippen LogP contribution in [0.5, 0.6) is 0 Å². The van der Waals surface area contributed by atoms with Gasteiger partial charge in [0.1, 0.15) is 19.0 Å². The number of ether oxygens (including phenoxy) is 2. The SMILES string of the molecule is C=CC[N+]12CCC3C4C5C(CC31)C(=CCOC5N1c3ccccc3C35CCN6CC7=CCOC(C(C7CC63)C15)N4c1ccccc1)C2.[Br-]. The molecule has 0 aromatic heterocycles. The molecule has 7 heteroatoms. The smallest absolute Gasteiger partial charge is 0.136 e. The van der Waals surface area contributed by atoms with Gasteiger partial charge in [0.25, 0.3) is 0 Å². The van der Waals surface area contributed by atoms with Crippen molar-refractivity contribution in [2.75, 3.05) is 55.7 Å². The molecule has 8 heterocycles. The Bertz CT molecular complexity index is 1750. The van der Waals surface area contributed by atoms with Crippen LogP contribution in [0.1, 0.15) is 31.2 Å². The molecule has 5 saturated heterocycles. The van der Waals surface area contributed by atoms with Crippen molar-refractivity contribution in [1.82, 2.24) is 4.90 Å². The van der Waals surface area contributed by atoms with Crippen molar-refractivity contribution >= 4 is 11.4 Å². The van der Waals surface area contributed by atoms with Crippen LogP contribution in [0.2, 0.25) is 0 Å². The molecule has 1 spiro atoms. The van der Waals surface area contributed by atoms with E-state index in [-0.39, 0.29) is 34.9 Å². The molecule has 0 amide bonds. The van der Waals surface area contributed by atoms with Crippen LogP contribution >= 0.6 is 0 Å². The van der Waals surface area contributed by atoms with E-state index >= 15 is 0 Å². The fraction of sp³-hybridized carbons (Fsp3) is 0.561. The monoisotopic (exact) mass is 706 g/mol. The fourth-order valence-corrected chi connectivity index (χ4v) is 14.5. The number of hydrogen-bond acceptors (Lipinski definition) is 5. The first-order valence-corrected chi connectivity index (χ1v) is 18.7. The number of rotatable bonds is 3. The molecule has 6 nitrogen and oxygen atoms in total. The lowest BCUT2D eigenvalue weighted by Crippen LogP contribution is -3.00. The molecule has 2 aromatic rings. The number of halogens is 1. The fourth-order valence-electron chi connectivity index (χ4n) is 14.5. The summed E-state index contributed by atoms with van der Waals surface area (Å²) < 4.78 is 16.0. The molecule has 0 radical (unpaired) electrons. The minimum Gasteiger partial charge on any atom is -1.00 e. The third-order valence-corrected chi connectivity index (χ3v) is 15.7.